The highest BCUT2D eigenvalue weighted by molar-refractivity contribution is 9.10. The van der Waals surface area contributed by atoms with E-state index in [0.29, 0.717) is 6.42 Å². The fourth-order valence-electron chi connectivity index (χ4n) is 2.19. The molecule has 1 aromatic heterocycles. The molecule has 0 radical (unpaired) electrons. The van der Waals surface area contributed by atoms with Gasteiger partial charge in [-0.05, 0) is 24.3 Å². The van der Waals surface area contributed by atoms with Crippen molar-refractivity contribution in [1.82, 2.24) is 4.98 Å². The molecule has 4 heteroatoms. The number of halogens is 1. The highest BCUT2D eigenvalue weighted by Gasteiger charge is 2.28. The number of pyridine rings is 1. The van der Waals surface area contributed by atoms with E-state index in [0.717, 1.165) is 21.3 Å². The molecule has 0 saturated heterocycles. The normalized spacial score (nSPS) is 22.1. The number of benzene rings is 1. The number of aromatic nitrogens is 1. The highest BCUT2D eigenvalue weighted by atomic mass is 79.9. The lowest BCUT2D eigenvalue weighted by atomic mass is 9.96. The summed E-state index contributed by atoms with van der Waals surface area (Å²) in [5.74, 6) is 0.741. The lowest BCUT2D eigenvalue weighted by molar-refractivity contribution is 0.0655. The molecule has 1 aliphatic rings. The quantitative estimate of drug-likeness (QED) is 0.878. The summed E-state index contributed by atoms with van der Waals surface area (Å²) in [6.45, 7) is 0. The molecule has 0 amide bonds. The summed E-state index contributed by atoms with van der Waals surface area (Å²) in [5.41, 5.74) is 1.83. The number of fused-ring (bicyclic) bond motifs is 1. The molecule has 3 nitrogen and oxygen atoms in total. The van der Waals surface area contributed by atoms with E-state index in [9.17, 15) is 5.11 Å². The third kappa shape index (κ3) is 2.13. The van der Waals surface area contributed by atoms with Crippen molar-refractivity contribution in [3.8, 4) is 5.75 Å². The number of aliphatic hydroxyl groups is 1. The molecule has 0 saturated carbocycles. The molecular formula is C14H12BrNO2. The van der Waals surface area contributed by atoms with Crippen LogP contribution in [0.4, 0.5) is 0 Å². The van der Waals surface area contributed by atoms with E-state index in [2.05, 4.69) is 20.9 Å². The molecular weight excluding hydrogens is 294 g/mol. The Hall–Kier alpha value is -1.39. The van der Waals surface area contributed by atoms with Gasteiger partial charge >= 0.3 is 0 Å². The predicted octanol–water partition coefficient (Wildman–Crippen LogP) is 3.40. The Balaban J connectivity index is 1.95. The summed E-state index contributed by atoms with van der Waals surface area (Å²) < 4.78 is 6.87. The molecule has 1 unspecified atom stereocenters. The van der Waals surface area contributed by atoms with Crippen molar-refractivity contribution in [3.05, 3.63) is 58.3 Å². The summed E-state index contributed by atoms with van der Waals surface area (Å²) in [6.07, 6.45) is 3.42. The van der Waals surface area contributed by atoms with Crippen LogP contribution in [0.15, 0.2) is 47.2 Å². The van der Waals surface area contributed by atoms with Gasteiger partial charge < -0.3 is 9.84 Å². The highest BCUT2D eigenvalue weighted by Crippen LogP contribution is 2.41. The van der Waals surface area contributed by atoms with Crippen LogP contribution in [0.3, 0.4) is 0 Å². The van der Waals surface area contributed by atoms with Crippen LogP contribution in [0.1, 0.15) is 29.8 Å². The Bertz CT molecular complexity index is 559. The third-order valence-electron chi connectivity index (χ3n) is 3.09. The molecule has 0 spiro atoms. The first-order valence-corrected chi connectivity index (χ1v) is 6.57. The van der Waals surface area contributed by atoms with Gasteiger partial charge in [0.1, 0.15) is 11.9 Å². The zero-order valence-electron chi connectivity index (χ0n) is 9.58. The molecule has 1 N–H and O–H groups in total. The Morgan fingerprint density at radius 3 is 3.00 bits per heavy atom. The van der Waals surface area contributed by atoms with E-state index in [1.807, 2.05) is 30.3 Å². The van der Waals surface area contributed by atoms with Gasteiger partial charge in [-0.15, -0.1) is 0 Å². The maximum absolute atomic E-state index is 10.2. The van der Waals surface area contributed by atoms with Gasteiger partial charge in [-0.1, -0.05) is 22.0 Å². The Morgan fingerprint density at radius 1 is 1.33 bits per heavy atom. The fourth-order valence-corrected chi connectivity index (χ4v) is 2.57. The molecule has 1 aliphatic heterocycles. The average molecular weight is 306 g/mol. The summed E-state index contributed by atoms with van der Waals surface area (Å²) in [7, 11) is 0. The first-order chi connectivity index (χ1) is 8.74. The van der Waals surface area contributed by atoms with Crippen molar-refractivity contribution in [1.29, 1.82) is 0 Å². The van der Waals surface area contributed by atoms with Crippen LogP contribution in [0.5, 0.6) is 5.75 Å². The molecule has 18 heavy (non-hydrogen) atoms. The molecule has 0 bridgehead atoms. The molecule has 1 aromatic carbocycles. The van der Waals surface area contributed by atoms with Crippen molar-refractivity contribution in [2.24, 2.45) is 0 Å². The lowest BCUT2D eigenvalue weighted by Crippen LogP contribution is -2.19. The van der Waals surface area contributed by atoms with Crippen LogP contribution in [0, 0.1) is 0 Å². The van der Waals surface area contributed by atoms with E-state index >= 15 is 0 Å². The van der Waals surface area contributed by atoms with Crippen molar-refractivity contribution >= 4 is 15.9 Å². The average Bonchev–Trinajstić information content (AvgIpc) is 2.40. The zero-order chi connectivity index (χ0) is 12.5. The molecule has 3 rings (SSSR count). The van der Waals surface area contributed by atoms with Gasteiger partial charge in [-0.3, -0.25) is 4.98 Å². The van der Waals surface area contributed by atoms with Gasteiger partial charge in [0, 0.05) is 34.4 Å². The summed E-state index contributed by atoms with van der Waals surface area (Å²) in [5, 5.41) is 10.2. The zero-order valence-corrected chi connectivity index (χ0v) is 11.2. The van der Waals surface area contributed by atoms with E-state index in [4.69, 9.17) is 4.74 Å². The number of hydrogen-bond acceptors (Lipinski definition) is 3. The van der Waals surface area contributed by atoms with Crippen LogP contribution in [-0.4, -0.2) is 10.1 Å². The minimum Gasteiger partial charge on any atom is -0.485 e. The van der Waals surface area contributed by atoms with E-state index < -0.39 is 6.10 Å². The Kier molecular flexibility index (Phi) is 3.06. The molecule has 2 heterocycles. The number of hydrogen-bond donors (Lipinski definition) is 1. The van der Waals surface area contributed by atoms with Crippen LogP contribution < -0.4 is 4.74 Å². The number of aliphatic hydroxyl groups excluding tert-OH is 1. The minimum atomic E-state index is -0.503. The van der Waals surface area contributed by atoms with Crippen LogP contribution in [-0.2, 0) is 0 Å². The van der Waals surface area contributed by atoms with Crippen LogP contribution in [0.2, 0.25) is 0 Å². The van der Waals surface area contributed by atoms with E-state index in [1.165, 1.54) is 0 Å². The van der Waals surface area contributed by atoms with E-state index in [-0.39, 0.29) is 6.10 Å². The molecule has 0 aliphatic carbocycles. The first-order valence-electron chi connectivity index (χ1n) is 5.78. The van der Waals surface area contributed by atoms with Gasteiger partial charge in [0.25, 0.3) is 0 Å². The van der Waals surface area contributed by atoms with Gasteiger partial charge in [-0.2, -0.15) is 0 Å². The number of ether oxygens (including phenoxy) is 1. The summed E-state index contributed by atoms with van der Waals surface area (Å²) in [6, 6.07) is 9.54. The predicted molar refractivity (Wildman–Crippen MR) is 71.3 cm³/mol. The monoisotopic (exact) mass is 305 g/mol. The minimum absolute atomic E-state index is 0.137. The Labute approximate surface area is 114 Å². The second-order valence-corrected chi connectivity index (χ2v) is 5.24. The van der Waals surface area contributed by atoms with E-state index in [1.54, 1.807) is 12.4 Å². The fraction of sp³-hybridized carbons (Fsp3) is 0.214. The summed E-state index contributed by atoms with van der Waals surface area (Å²) >= 11 is 3.40. The summed E-state index contributed by atoms with van der Waals surface area (Å²) in [4.78, 5) is 4.09. The largest absolute Gasteiger partial charge is 0.485 e. The maximum Gasteiger partial charge on any atom is 0.128 e. The standard InChI is InChI=1S/C14H12BrNO2/c15-10-3-4-13-11(6-10)12(17)7-14(18-13)9-2-1-5-16-8-9/h1-6,8,12,14,17H,7H2/t12-,14?/m1/s1. The van der Waals surface area contributed by atoms with Crippen molar-refractivity contribution in [2.75, 3.05) is 0 Å². The second kappa shape index (κ2) is 4.71. The van der Waals surface area contributed by atoms with Gasteiger partial charge in [0.15, 0.2) is 0 Å². The number of nitrogens with zero attached hydrogens (tertiary/aromatic N) is 1. The molecule has 92 valence electrons. The lowest BCUT2D eigenvalue weighted by Gasteiger charge is -2.29. The molecule has 2 aromatic rings. The third-order valence-corrected chi connectivity index (χ3v) is 3.59. The van der Waals surface area contributed by atoms with Crippen molar-refractivity contribution in [2.45, 2.75) is 18.6 Å². The second-order valence-electron chi connectivity index (χ2n) is 4.33. The number of rotatable bonds is 1. The maximum atomic E-state index is 10.2. The van der Waals surface area contributed by atoms with Crippen molar-refractivity contribution < 1.29 is 9.84 Å². The molecule has 2 atom stereocenters. The van der Waals surface area contributed by atoms with Crippen molar-refractivity contribution in [3.63, 3.8) is 0 Å². The smallest absolute Gasteiger partial charge is 0.128 e. The van der Waals surface area contributed by atoms with Gasteiger partial charge in [0.2, 0.25) is 0 Å². The van der Waals surface area contributed by atoms with Gasteiger partial charge in [-0.25, -0.2) is 0 Å². The van der Waals surface area contributed by atoms with Crippen LogP contribution >= 0.6 is 15.9 Å². The topological polar surface area (TPSA) is 42.4 Å². The van der Waals surface area contributed by atoms with Crippen LogP contribution in [0.25, 0.3) is 0 Å². The SMILES string of the molecule is O[C@@H]1CC(c2cccnc2)Oc2ccc(Br)cc21. The van der Waals surface area contributed by atoms with Gasteiger partial charge in [0.05, 0.1) is 6.10 Å². The Morgan fingerprint density at radius 2 is 2.22 bits per heavy atom. The molecule has 0 fully saturated rings. The first kappa shape index (κ1) is 11.7.